The van der Waals surface area contributed by atoms with Gasteiger partial charge in [-0.1, -0.05) is 6.07 Å². The Labute approximate surface area is 147 Å². The van der Waals surface area contributed by atoms with Gasteiger partial charge in [0, 0.05) is 12.4 Å². The number of ether oxygens (including phenoxy) is 1. The van der Waals surface area contributed by atoms with Gasteiger partial charge in [-0.3, -0.25) is 4.72 Å². The number of para-hydroxylation sites is 1. The normalized spacial score (nSPS) is 11.5. The molecule has 0 aliphatic heterocycles. The van der Waals surface area contributed by atoms with E-state index in [2.05, 4.69) is 15.1 Å². The van der Waals surface area contributed by atoms with E-state index >= 15 is 0 Å². The minimum absolute atomic E-state index is 0.0561. The molecular formula is C15H14FN5O4S. The highest BCUT2D eigenvalue weighted by atomic mass is 32.2. The van der Waals surface area contributed by atoms with Crippen molar-refractivity contribution in [2.75, 3.05) is 11.3 Å². The van der Waals surface area contributed by atoms with Gasteiger partial charge in [0.2, 0.25) is 0 Å². The average molecular weight is 379 g/mol. The lowest BCUT2D eigenvalue weighted by molar-refractivity contribution is 0.0527. The van der Waals surface area contributed by atoms with Gasteiger partial charge in [-0.15, -0.1) is 5.10 Å². The molecule has 0 bridgehead atoms. The Kier molecular flexibility index (Phi) is 4.55. The lowest BCUT2D eigenvalue weighted by Gasteiger charge is -2.11. The first-order chi connectivity index (χ1) is 12.3. The van der Waals surface area contributed by atoms with E-state index in [-0.39, 0.29) is 17.9 Å². The molecule has 3 rings (SSSR count). The molecular weight excluding hydrogens is 365 g/mol. The molecule has 1 N–H and O–H groups in total. The summed E-state index contributed by atoms with van der Waals surface area (Å²) in [6, 6.07) is 3.54. The van der Waals surface area contributed by atoms with Gasteiger partial charge in [-0.2, -0.15) is 13.4 Å². The number of aryl methyl sites for hydroxylation is 1. The number of nitrogens with zero attached hydrogens (tertiary/aromatic N) is 4. The Hall–Kier alpha value is -3.08. The molecule has 0 saturated carbocycles. The van der Waals surface area contributed by atoms with Crippen LogP contribution in [0.15, 0.2) is 35.7 Å². The van der Waals surface area contributed by atoms with Crippen molar-refractivity contribution in [1.29, 1.82) is 0 Å². The molecule has 0 amide bonds. The van der Waals surface area contributed by atoms with Crippen LogP contribution in [0.2, 0.25) is 0 Å². The Morgan fingerprint density at radius 3 is 2.88 bits per heavy atom. The van der Waals surface area contributed by atoms with E-state index < -0.39 is 32.7 Å². The number of carbonyl (C=O) groups excluding carboxylic acids is 1. The van der Waals surface area contributed by atoms with Crippen LogP contribution in [0.4, 0.5) is 10.1 Å². The van der Waals surface area contributed by atoms with Gasteiger partial charge in [-0.05, 0) is 31.5 Å². The van der Waals surface area contributed by atoms with E-state index in [1.807, 2.05) is 4.72 Å². The minimum Gasteiger partial charge on any atom is -0.462 e. The molecule has 3 aromatic rings. The highest BCUT2D eigenvalue weighted by Gasteiger charge is 2.26. The predicted molar refractivity (Wildman–Crippen MR) is 88.7 cm³/mol. The number of aromatic nitrogens is 4. The second kappa shape index (κ2) is 6.67. The summed E-state index contributed by atoms with van der Waals surface area (Å²) in [4.78, 5) is 19.7. The summed E-state index contributed by atoms with van der Waals surface area (Å²) in [6.07, 6.45) is 3.05. The van der Waals surface area contributed by atoms with Crippen molar-refractivity contribution >= 4 is 27.5 Å². The zero-order valence-electron chi connectivity index (χ0n) is 13.8. The molecule has 0 unspecified atom stereocenters. The number of nitrogens with one attached hydrogen (secondary N) is 1. The maximum Gasteiger partial charge on any atom is 0.340 e. The monoisotopic (exact) mass is 379 g/mol. The van der Waals surface area contributed by atoms with Crippen LogP contribution in [0.5, 0.6) is 0 Å². The number of fused-ring (bicyclic) bond motifs is 1. The molecule has 0 aliphatic carbocycles. The van der Waals surface area contributed by atoms with Crippen molar-refractivity contribution in [2.24, 2.45) is 0 Å². The first-order valence-corrected chi connectivity index (χ1v) is 8.97. The molecule has 0 spiro atoms. The van der Waals surface area contributed by atoms with E-state index in [4.69, 9.17) is 4.74 Å². The maximum atomic E-state index is 14.2. The van der Waals surface area contributed by atoms with Crippen LogP contribution in [0.3, 0.4) is 0 Å². The molecule has 11 heteroatoms. The maximum absolute atomic E-state index is 14.2. The molecule has 136 valence electrons. The van der Waals surface area contributed by atoms with Crippen molar-refractivity contribution in [2.45, 2.75) is 19.0 Å². The number of halogens is 1. The molecule has 1 aromatic carbocycles. The third kappa shape index (κ3) is 3.33. The van der Waals surface area contributed by atoms with Gasteiger partial charge in [0.15, 0.2) is 0 Å². The summed E-state index contributed by atoms with van der Waals surface area (Å²) in [5, 5.41) is 3.23. The number of hydrogen-bond acceptors (Lipinski definition) is 7. The van der Waals surface area contributed by atoms with Gasteiger partial charge in [-0.25, -0.2) is 18.7 Å². The summed E-state index contributed by atoms with van der Waals surface area (Å²) in [7, 11) is -4.36. The van der Waals surface area contributed by atoms with E-state index in [0.29, 0.717) is 0 Å². The van der Waals surface area contributed by atoms with Crippen LogP contribution < -0.4 is 4.72 Å². The van der Waals surface area contributed by atoms with Crippen molar-refractivity contribution in [1.82, 2.24) is 19.6 Å². The molecule has 0 atom stereocenters. The van der Waals surface area contributed by atoms with E-state index in [9.17, 15) is 17.6 Å². The van der Waals surface area contributed by atoms with E-state index in [1.54, 1.807) is 20.0 Å². The average Bonchev–Trinajstić information content (AvgIpc) is 3.01. The molecule has 9 nitrogen and oxygen atoms in total. The van der Waals surface area contributed by atoms with Crippen molar-refractivity contribution in [3.05, 3.63) is 47.5 Å². The Morgan fingerprint density at radius 2 is 2.15 bits per heavy atom. The van der Waals surface area contributed by atoms with Gasteiger partial charge in [0.1, 0.15) is 5.82 Å². The quantitative estimate of drug-likeness (QED) is 0.669. The van der Waals surface area contributed by atoms with E-state index in [1.165, 1.54) is 22.8 Å². The fraction of sp³-hybridized carbons (Fsp3) is 0.200. The van der Waals surface area contributed by atoms with Crippen LogP contribution in [-0.4, -0.2) is 40.6 Å². The second-order valence-electron chi connectivity index (χ2n) is 5.26. The summed E-state index contributed by atoms with van der Waals surface area (Å²) in [5.74, 6) is -1.73. The Morgan fingerprint density at radius 1 is 1.38 bits per heavy atom. The van der Waals surface area contributed by atoms with Crippen LogP contribution in [0, 0.1) is 12.7 Å². The Balaban J connectivity index is 2.02. The third-order valence-corrected chi connectivity index (χ3v) is 4.42. The highest BCUT2D eigenvalue weighted by Crippen LogP contribution is 2.23. The highest BCUT2D eigenvalue weighted by molar-refractivity contribution is 7.92. The zero-order valence-corrected chi connectivity index (χ0v) is 14.6. The standard InChI is InChI=1S/C15H14FN5O4S/c1-3-25-13(22)10-5-4-6-11(16)12(10)20-26(23,24)15-18-14-17-7-9(2)8-21(14)19-15/h4-8,20H,3H2,1-2H3. The molecule has 0 aliphatic rings. The fourth-order valence-corrected chi connectivity index (χ4v) is 3.12. The number of anilines is 1. The molecule has 26 heavy (non-hydrogen) atoms. The summed E-state index contributed by atoms with van der Waals surface area (Å²) >= 11 is 0. The van der Waals surface area contributed by atoms with Crippen molar-refractivity contribution < 1.29 is 22.3 Å². The molecule has 0 radical (unpaired) electrons. The Bertz CT molecular complexity index is 1100. The molecule has 2 heterocycles. The van der Waals surface area contributed by atoms with Gasteiger partial charge in [0.25, 0.3) is 21.0 Å². The molecule has 0 fully saturated rings. The minimum atomic E-state index is -4.36. The SMILES string of the molecule is CCOC(=O)c1cccc(F)c1NS(=O)(=O)c1nc2ncc(C)cn2n1. The third-order valence-electron chi connectivity index (χ3n) is 3.29. The topological polar surface area (TPSA) is 116 Å². The number of hydrogen-bond donors (Lipinski definition) is 1. The number of sulfonamides is 1. The zero-order chi connectivity index (χ0) is 18.9. The summed E-state index contributed by atoms with van der Waals surface area (Å²) in [5.41, 5.74) is -0.0416. The smallest absolute Gasteiger partial charge is 0.340 e. The van der Waals surface area contributed by atoms with Crippen LogP contribution in [-0.2, 0) is 14.8 Å². The van der Waals surface area contributed by atoms with Crippen molar-refractivity contribution in [3.8, 4) is 0 Å². The van der Waals surface area contributed by atoms with Gasteiger partial charge < -0.3 is 4.74 Å². The number of benzene rings is 1. The molecule has 2 aromatic heterocycles. The van der Waals surface area contributed by atoms with Crippen molar-refractivity contribution in [3.63, 3.8) is 0 Å². The predicted octanol–water partition coefficient (Wildman–Crippen LogP) is 1.55. The summed E-state index contributed by atoms with van der Waals surface area (Å²) in [6.45, 7) is 3.39. The molecule has 0 saturated heterocycles. The lowest BCUT2D eigenvalue weighted by atomic mass is 10.2. The number of carbonyl (C=O) groups is 1. The fourth-order valence-electron chi connectivity index (χ4n) is 2.16. The van der Waals surface area contributed by atoms with Crippen LogP contribution in [0.25, 0.3) is 5.78 Å². The number of rotatable bonds is 5. The first-order valence-electron chi connectivity index (χ1n) is 7.49. The summed E-state index contributed by atoms with van der Waals surface area (Å²) < 4.78 is 47.3. The van der Waals surface area contributed by atoms with E-state index in [0.717, 1.165) is 11.6 Å². The lowest BCUT2D eigenvalue weighted by Crippen LogP contribution is -2.19. The van der Waals surface area contributed by atoms with Crippen LogP contribution in [0.1, 0.15) is 22.8 Å². The first kappa shape index (κ1) is 17.7. The largest absolute Gasteiger partial charge is 0.462 e. The van der Waals surface area contributed by atoms with Gasteiger partial charge in [0.05, 0.1) is 17.9 Å². The number of esters is 1. The van der Waals surface area contributed by atoms with Crippen LogP contribution >= 0.6 is 0 Å². The second-order valence-corrected chi connectivity index (χ2v) is 6.83. The van der Waals surface area contributed by atoms with Gasteiger partial charge >= 0.3 is 5.97 Å².